The van der Waals surface area contributed by atoms with E-state index in [0.29, 0.717) is 0 Å². The van der Waals surface area contributed by atoms with Gasteiger partial charge >= 0.3 is 0 Å². The van der Waals surface area contributed by atoms with Gasteiger partial charge in [-0.15, -0.1) is 0 Å². The Morgan fingerprint density at radius 3 is 2.83 bits per heavy atom. The molecule has 0 aliphatic carbocycles. The number of rotatable bonds is 2. The van der Waals surface area contributed by atoms with Gasteiger partial charge in [-0.25, -0.2) is 0 Å². The smallest absolute Gasteiger partial charge is 0.274 e. The number of hydrogen-bond donors (Lipinski definition) is 3. The van der Waals surface area contributed by atoms with Crippen LogP contribution in [0.3, 0.4) is 0 Å². The molecule has 0 unspecified atom stereocenters. The summed E-state index contributed by atoms with van der Waals surface area (Å²) in [6.45, 7) is -0.688. The molecule has 0 atom stereocenters. The SMILES string of the molecule is O=C(CO)NC(=O)c1ccc[nH]1. The molecule has 0 fully saturated rings. The molecule has 1 heterocycles. The van der Waals surface area contributed by atoms with Gasteiger partial charge in [0.25, 0.3) is 11.8 Å². The minimum absolute atomic E-state index is 0.289. The Kier molecular flexibility index (Phi) is 2.60. The number of carbonyl (C=O) groups is 2. The first kappa shape index (κ1) is 8.48. The van der Waals surface area contributed by atoms with E-state index < -0.39 is 18.4 Å². The number of hydrogen-bond acceptors (Lipinski definition) is 3. The number of aliphatic hydroxyl groups excluding tert-OH is 1. The molecule has 1 rings (SSSR count). The van der Waals surface area contributed by atoms with E-state index in [1.165, 1.54) is 6.07 Å². The lowest BCUT2D eigenvalue weighted by molar-refractivity contribution is -0.122. The molecule has 1 aromatic heterocycles. The Labute approximate surface area is 68.4 Å². The molecular weight excluding hydrogens is 160 g/mol. The summed E-state index contributed by atoms with van der Waals surface area (Å²) in [6.07, 6.45) is 1.57. The molecule has 0 spiro atoms. The highest BCUT2D eigenvalue weighted by Crippen LogP contribution is 1.92. The van der Waals surface area contributed by atoms with Gasteiger partial charge in [-0.05, 0) is 12.1 Å². The fraction of sp³-hybridized carbons (Fsp3) is 0.143. The number of aromatic nitrogens is 1. The van der Waals surface area contributed by atoms with Crippen LogP contribution in [0, 0.1) is 0 Å². The Balaban J connectivity index is 2.56. The largest absolute Gasteiger partial charge is 0.387 e. The molecule has 5 heteroatoms. The lowest BCUT2D eigenvalue weighted by Crippen LogP contribution is -2.32. The van der Waals surface area contributed by atoms with E-state index in [-0.39, 0.29) is 5.69 Å². The van der Waals surface area contributed by atoms with Gasteiger partial charge in [0, 0.05) is 6.20 Å². The molecular formula is C7H8N2O3. The van der Waals surface area contributed by atoms with Crippen LogP contribution in [0.1, 0.15) is 10.5 Å². The zero-order valence-corrected chi connectivity index (χ0v) is 6.20. The van der Waals surface area contributed by atoms with Gasteiger partial charge in [0.2, 0.25) is 0 Å². The summed E-state index contributed by atoms with van der Waals surface area (Å²) < 4.78 is 0. The summed E-state index contributed by atoms with van der Waals surface area (Å²) in [6, 6.07) is 3.17. The lowest BCUT2D eigenvalue weighted by atomic mass is 10.4. The van der Waals surface area contributed by atoms with Crippen LogP contribution in [-0.2, 0) is 4.79 Å². The van der Waals surface area contributed by atoms with Crippen molar-refractivity contribution in [3.8, 4) is 0 Å². The van der Waals surface area contributed by atoms with Gasteiger partial charge in [0.15, 0.2) is 0 Å². The zero-order valence-electron chi connectivity index (χ0n) is 6.20. The van der Waals surface area contributed by atoms with Crippen molar-refractivity contribution in [2.45, 2.75) is 0 Å². The molecule has 5 nitrogen and oxygen atoms in total. The Bertz CT molecular complexity index is 279. The van der Waals surface area contributed by atoms with Crippen LogP contribution in [0.4, 0.5) is 0 Å². The fourth-order valence-corrected chi connectivity index (χ4v) is 0.705. The fourth-order valence-electron chi connectivity index (χ4n) is 0.705. The first-order chi connectivity index (χ1) is 5.74. The summed E-state index contributed by atoms with van der Waals surface area (Å²) in [4.78, 5) is 24.1. The maximum Gasteiger partial charge on any atom is 0.274 e. The number of amides is 2. The summed E-state index contributed by atoms with van der Waals surface area (Å²) in [5.74, 6) is -1.26. The van der Waals surface area contributed by atoms with Crippen molar-refractivity contribution < 1.29 is 14.7 Å². The molecule has 0 aliphatic heterocycles. The van der Waals surface area contributed by atoms with E-state index in [2.05, 4.69) is 4.98 Å². The second-order valence-electron chi connectivity index (χ2n) is 2.12. The normalized spacial score (nSPS) is 9.42. The van der Waals surface area contributed by atoms with Crippen LogP contribution in [0.5, 0.6) is 0 Å². The number of H-pyrrole nitrogens is 1. The Morgan fingerprint density at radius 1 is 1.58 bits per heavy atom. The van der Waals surface area contributed by atoms with Crippen molar-refractivity contribution in [2.75, 3.05) is 6.61 Å². The van der Waals surface area contributed by atoms with E-state index in [1.54, 1.807) is 12.3 Å². The highest BCUT2D eigenvalue weighted by Gasteiger charge is 2.08. The molecule has 2 amide bonds. The third-order valence-electron chi connectivity index (χ3n) is 1.24. The van der Waals surface area contributed by atoms with Gasteiger partial charge in [-0.3, -0.25) is 14.9 Å². The van der Waals surface area contributed by atoms with E-state index in [1.807, 2.05) is 5.32 Å². The van der Waals surface area contributed by atoms with Gasteiger partial charge < -0.3 is 10.1 Å². The van der Waals surface area contributed by atoms with Gasteiger partial charge in [0.05, 0.1) is 0 Å². The summed E-state index contributed by atoms with van der Waals surface area (Å²) in [5, 5.41) is 10.3. The zero-order chi connectivity index (χ0) is 8.97. The van der Waals surface area contributed by atoms with Gasteiger partial charge in [0.1, 0.15) is 12.3 Å². The van der Waals surface area contributed by atoms with Crippen molar-refractivity contribution in [1.29, 1.82) is 0 Å². The summed E-state index contributed by atoms with van der Waals surface area (Å²) in [7, 11) is 0. The van der Waals surface area contributed by atoms with Crippen LogP contribution >= 0.6 is 0 Å². The minimum atomic E-state index is -0.713. The number of aliphatic hydroxyl groups is 1. The topological polar surface area (TPSA) is 82.2 Å². The average molecular weight is 168 g/mol. The predicted octanol–water partition coefficient (Wildman–Crippen LogP) is -0.737. The van der Waals surface area contributed by atoms with E-state index in [0.717, 1.165) is 0 Å². The molecule has 1 aromatic rings. The van der Waals surface area contributed by atoms with E-state index >= 15 is 0 Å². The second kappa shape index (κ2) is 3.68. The van der Waals surface area contributed by atoms with Crippen molar-refractivity contribution in [3.63, 3.8) is 0 Å². The lowest BCUT2D eigenvalue weighted by Gasteiger charge is -1.97. The third kappa shape index (κ3) is 1.93. The van der Waals surface area contributed by atoms with Crippen molar-refractivity contribution in [3.05, 3.63) is 24.0 Å². The first-order valence-electron chi connectivity index (χ1n) is 3.32. The molecule has 0 saturated carbocycles. The van der Waals surface area contributed by atoms with Crippen LogP contribution < -0.4 is 5.32 Å². The minimum Gasteiger partial charge on any atom is -0.387 e. The maximum absolute atomic E-state index is 11.0. The van der Waals surface area contributed by atoms with Crippen LogP contribution in [0.2, 0.25) is 0 Å². The van der Waals surface area contributed by atoms with Crippen LogP contribution in [0.25, 0.3) is 0 Å². The Morgan fingerprint density at radius 2 is 2.33 bits per heavy atom. The highest BCUT2D eigenvalue weighted by atomic mass is 16.3. The third-order valence-corrected chi connectivity index (χ3v) is 1.24. The van der Waals surface area contributed by atoms with E-state index in [4.69, 9.17) is 5.11 Å². The van der Waals surface area contributed by atoms with Gasteiger partial charge in [-0.1, -0.05) is 0 Å². The quantitative estimate of drug-likeness (QED) is 0.544. The van der Waals surface area contributed by atoms with Gasteiger partial charge in [-0.2, -0.15) is 0 Å². The average Bonchev–Trinajstić information content (AvgIpc) is 2.56. The molecule has 0 saturated heterocycles. The molecule has 0 radical (unpaired) electrons. The number of imide groups is 1. The first-order valence-corrected chi connectivity index (χ1v) is 3.32. The predicted molar refractivity (Wildman–Crippen MR) is 40.4 cm³/mol. The van der Waals surface area contributed by atoms with Crippen molar-refractivity contribution in [2.24, 2.45) is 0 Å². The number of aromatic amines is 1. The maximum atomic E-state index is 11.0. The summed E-state index contributed by atoms with van der Waals surface area (Å²) >= 11 is 0. The number of carbonyl (C=O) groups excluding carboxylic acids is 2. The molecule has 12 heavy (non-hydrogen) atoms. The molecule has 0 bridgehead atoms. The molecule has 0 aromatic carbocycles. The van der Waals surface area contributed by atoms with Crippen molar-refractivity contribution in [1.82, 2.24) is 10.3 Å². The van der Waals surface area contributed by atoms with E-state index in [9.17, 15) is 9.59 Å². The highest BCUT2D eigenvalue weighted by molar-refractivity contribution is 6.03. The molecule has 64 valence electrons. The second-order valence-corrected chi connectivity index (χ2v) is 2.12. The molecule has 3 N–H and O–H groups in total. The monoisotopic (exact) mass is 168 g/mol. The summed E-state index contributed by atoms with van der Waals surface area (Å²) in [5.41, 5.74) is 0.289. The standard InChI is InChI=1S/C7H8N2O3/c10-4-6(11)9-7(12)5-2-1-3-8-5/h1-3,8,10H,4H2,(H,9,11,12). The van der Waals surface area contributed by atoms with Crippen molar-refractivity contribution >= 4 is 11.8 Å². The molecule has 0 aliphatic rings. The number of nitrogens with one attached hydrogen (secondary N) is 2. The Hall–Kier alpha value is -1.62. The van der Waals surface area contributed by atoms with Crippen LogP contribution in [-0.4, -0.2) is 28.5 Å². The van der Waals surface area contributed by atoms with Crippen LogP contribution in [0.15, 0.2) is 18.3 Å².